The number of carbonyl (C=O) groups excluding carboxylic acids is 4. The largest absolute Gasteiger partial charge is 0.508 e. The molecule has 0 saturated heterocycles. The van der Waals surface area contributed by atoms with Gasteiger partial charge in [-0.1, -0.05) is 19.1 Å². The standard InChI is InChI=1S/C27H30N2O10/c1-5-39-13(30)9-7-11-6-8-12-10(2)14-16(21(32)15(12)20(11)31)24(35)27(38)18(22(14)33)19(29(3)4)23(34)17(25(27)36)26(28)37/h6-10,14,18-19,22,31-33,36,38H,5H2,1-4H3,(H2,28,37)/b9-7+/t10-,14+,18-,19-,22-,27-/m0/s1. The first-order valence-corrected chi connectivity index (χ1v) is 12.2. The quantitative estimate of drug-likeness (QED) is 0.167. The highest BCUT2D eigenvalue weighted by Crippen LogP contribution is 2.56. The zero-order valence-corrected chi connectivity index (χ0v) is 21.7. The molecule has 1 amide bonds. The van der Waals surface area contributed by atoms with Gasteiger partial charge in [-0.2, -0.15) is 0 Å². The Balaban J connectivity index is 1.97. The highest BCUT2D eigenvalue weighted by atomic mass is 16.5. The van der Waals surface area contributed by atoms with Crippen molar-refractivity contribution < 1.29 is 49.4 Å². The van der Waals surface area contributed by atoms with Gasteiger partial charge < -0.3 is 36.0 Å². The van der Waals surface area contributed by atoms with Gasteiger partial charge in [-0.25, -0.2) is 4.79 Å². The van der Waals surface area contributed by atoms with E-state index < -0.39 is 87.4 Å². The third-order valence-corrected chi connectivity index (χ3v) is 7.85. The lowest BCUT2D eigenvalue weighted by Gasteiger charge is -2.53. The molecule has 0 heterocycles. The number of aliphatic hydroxyl groups excluding tert-OH is 3. The van der Waals surface area contributed by atoms with E-state index in [0.717, 1.165) is 6.08 Å². The third kappa shape index (κ3) is 3.86. The van der Waals surface area contributed by atoms with Crippen LogP contribution in [0.5, 0.6) is 5.75 Å². The van der Waals surface area contributed by atoms with Crippen molar-refractivity contribution in [2.24, 2.45) is 17.6 Å². The van der Waals surface area contributed by atoms with Crippen LogP contribution in [0.25, 0.3) is 11.8 Å². The van der Waals surface area contributed by atoms with Gasteiger partial charge in [-0.3, -0.25) is 19.3 Å². The molecule has 1 fully saturated rings. The average Bonchev–Trinajstić information content (AvgIpc) is 2.85. The normalized spacial score (nSPS) is 30.4. The van der Waals surface area contributed by atoms with Crippen LogP contribution in [-0.2, 0) is 23.9 Å². The van der Waals surface area contributed by atoms with E-state index in [1.165, 1.54) is 31.1 Å². The maximum atomic E-state index is 14.0. The van der Waals surface area contributed by atoms with Crippen LogP contribution >= 0.6 is 0 Å². The van der Waals surface area contributed by atoms with E-state index in [4.69, 9.17) is 10.5 Å². The van der Waals surface area contributed by atoms with Gasteiger partial charge in [0.25, 0.3) is 5.91 Å². The number of fused-ring (bicyclic) bond motifs is 3. The lowest BCUT2D eigenvalue weighted by atomic mass is 9.54. The van der Waals surface area contributed by atoms with Crippen LogP contribution in [0.4, 0.5) is 0 Å². The Hall–Kier alpha value is -4.00. The van der Waals surface area contributed by atoms with Crippen LogP contribution in [0.2, 0.25) is 0 Å². The van der Waals surface area contributed by atoms with Gasteiger partial charge in [0.1, 0.15) is 22.8 Å². The summed E-state index contributed by atoms with van der Waals surface area (Å²) < 4.78 is 4.83. The summed E-state index contributed by atoms with van der Waals surface area (Å²) >= 11 is 0. The highest BCUT2D eigenvalue weighted by molar-refractivity contribution is 6.24. The molecule has 1 aromatic rings. The number of primary amides is 1. The zero-order valence-electron chi connectivity index (χ0n) is 21.7. The lowest BCUT2D eigenvalue weighted by molar-refractivity contribution is -0.169. The number of rotatable bonds is 5. The predicted molar refractivity (Wildman–Crippen MR) is 136 cm³/mol. The zero-order chi connectivity index (χ0) is 29.1. The molecule has 0 aliphatic heterocycles. The molecule has 0 bridgehead atoms. The Morgan fingerprint density at radius 3 is 2.38 bits per heavy atom. The van der Waals surface area contributed by atoms with Crippen molar-refractivity contribution in [3.8, 4) is 5.75 Å². The number of ether oxygens (including phenoxy) is 1. The first-order chi connectivity index (χ1) is 18.2. The van der Waals surface area contributed by atoms with Crippen molar-refractivity contribution >= 4 is 35.3 Å². The highest BCUT2D eigenvalue weighted by Gasteiger charge is 2.68. The van der Waals surface area contributed by atoms with E-state index in [2.05, 4.69) is 0 Å². The average molecular weight is 543 g/mol. The summed E-state index contributed by atoms with van der Waals surface area (Å²) in [5.41, 5.74) is 1.13. The first-order valence-electron chi connectivity index (χ1n) is 12.2. The summed E-state index contributed by atoms with van der Waals surface area (Å²) in [5.74, 6) is -10.3. The molecule has 0 spiro atoms. The third-order valence-electron chi connectivity index (χ3n) is 7.85. The number of esters is 1. The lowest BCUT2D eigenvalue weighted by Crippen LogP contribution is -2.70. The van der Waals surface area contributed by atoms with E-state index in [0.29, 0.717) is 5.56 Å². The summed E-state index contributed by atoms with van der Waals surface area (Å²) in [7, 11) is 2.87. The van der Waals surface area contributed by atoms with Gasteiger partial charge in [0, 0.05) is 23.1 Å². The molecule has 12 nitrogen and oxygen atoms in total. The number of hydrogen-bond donors (Lipinski definition) is 6. The van der Waals surface area contributed by atoms with Gasteiger partial charge in [0.2, 0.25) is 5.78 Å². The number of nitrogens with zero attached hydrogens (tertiary/aromatic N) is 1. The van der Waals surface area contributed by atoms with E-state index in [-0.39, 0.29) is 17.7 Å². The Labute approximate surface area is 223 Å². The molecule has 3 aliphatic carbocycles. The minimum atomic E-state index is -2.99. The predicted octanol–water partition coefficient (Wildman–Crippen LogP) is 0.0721. The van der Waals surface area contributed by atoms with Gasteiger partial charge in [-0.05, 0) is 38.6 Å². The number of ketones is 2. The minimum absolute atomic E-state index is 0.106. The Kier molecular flexibility index (Phi) is 6.92. The Bertz CT molecular complexity index is 1390. The number of carbonyl (C=O) groups is 4. The number of nitrogens with two attached hydrogens (primary N) is 1. The molecular formula is C27H30N2O10. The van der Waals surface area contributed by atoms with Crippen LogP contribution < -0.4 is 5.73 Å². The molecular weight excluding hydrogens is 512 g/mol. The van der Waals surface area contributed by atoms with Crippen molar-refractivity contribution in [2.45, 2.75) is 37.5 Å². The van der Waals surface area contributed by atoms with E-state index in [9.17, 15) is 44.7 Å². The monoisotopic (exact) mass is 542 g/mol. The van der Waals surface area contributed by atoms with Crippen LogP contribution in [0, 0.1) is 11.8 Å². The number of phenols is 1. The molecule has 0 unspecified atom stereocenters. The van der Waals surface area contributed by atoms with Crippen LogP contribution in [0.3, 0.4) is 0 Å². The SMILES string of the molecule is CCOC(=O)/C=C/c1ccc2c(c1O)C(O)=C1C(=O)[C@]3(O)C(O)=C(C(N)=O)C(=O)[C@@H](N(C)C)[C@H]3[C@@H](O)[C@@H]1[C@H]2C. The minimum Gasteiger partial charge on any atom is -0.508 e. The van der Waals surface area contributed by atoms with Crippen molar-refractivity contribution in [2.75, 3.05) is 20.7 Å². The van der Waals surface area contributed by atoms with Crippen molar-refractivity contribution in [3.63, 3.8) is 0 Å². The summed E-state index contributed by atoms with van der Waals surface area (Å²) in [5, 5.41) is 56.5. The van der Waals surface area contributed by atoms with Crippen molar-refractivity contribution in [1.82, 2.24) is 4.90 Å². The molecule has 0 radical (unpaired) electrons. The number of aliphatic hydroxyl groups is 4. The molecule has 39 heavy (non-hydrogen) atoms. The number of phenolic OH excluding ortho intramolecular Hbond substituents is 1. The molecule has 208 valence electrons. The topological polar surface area (TPSA) is 208 Å². The van der Waals surface area contributed by atoms with E-state index >= 15 is 0 Å². The van der Waals surface area contributed by atoms with Crippen LogP contribution in [0.1, 0.15) is 36.5 Å². The first kappa shape index (κ1) is 28.0. The number of amides is 1. The van der Waals surface area contributed by atoms with Gasteiger partial charge >= 0.3 is 5.97 Å². The summed E-state index contributed by atoms with van der Waals surface area (Å²) in [6.07, 6.45) is 0.652. The second-order valence-corrected chi connectivity index (χ2v) is 10.1. The molecule has 4 rings (SSSR count). The maximum Gasteiger partial charge on any atom is 0.330 e. The van der Waals surface area contributed by atoms with Gasteiger partial charge in [0.05, 0.1) is 30.2 Å². The molecule has 0 aromatic heterocycles. The number of aromatic hydroxyl groups is 1. The fourth-order valence-electron chi connectivity index (χ4n) is 6.12. The van der Waals surface area contributed by atoms with Crippen LogP contribution in [0.15, 0.2) is 35.1 Å². The van der Waals surface area contributed by atoms with Crippen LogP contribution in [-0.4, -0.2) is 92.3 Å². The molecule has 1 aromatic carbocycles. The fraction of sp³-hybridized carbons (Fsp3) is 0.407. The molecule has 7 N–H and O–H groups in total. The Morgan fingerprint density at radius 2 is 1.82 bits per heavy atom. The van der Waals surface area contributed by atoms with E-state index in [1.807, 2.05) is 0 Å². The second kappa shape index (κ2) is 9.63. The number of hydrogen-bond acceptors (Lipinski definition) is 11. The summed E-state index contributed by atoms with van der Waals surface area (Å²) in [6, 6.07) is 1.61. The van der Waals surface area contributed by atoms with Gasteiger partial charge in [0.15, 0.2) is 11.4 Å². The molecule has 12 heteroatoms. The smallest absolute Gasteiger partial charge is 0.330 e. The summed E-state index contributed by atoms with van der Waals surface area (Å²) in [4.78, 5) is 52.3. The Morgan fingerprint density at radius 1 is 1.18 bits per heavy atom. The number of Topliss-reactive ketones (excluding diaryl/α,β-unsaturated/α-hetero) is 2. The van der Waals surface area contributed by atoms with E-state index in [1.54, 1.807) is 19.9 Å². The van der Waals surface area contributed by atoms with Crippen molar-refractivity contribution in [1.29, 1.82) is 0 Å². The summed E-state index contributed by atoms with van der Waals surface area (Å²) in [6.45, 7) is 3.39. The second-order valence-electron chi connectivity index (χ2n) is 10.1. The maximum absolute atomic E-state index is 14.0. The van der Waals surface area contributed by atoms with Gasteiger partial charge in [-0.15, -0.1) is 0 Å². The van der Waals surface area contributed by atoms with Crippen molar-refractivity contribution in [3.05, 3.63) is 51.8 Å². The number of benzene rings is 1. The molecule has 1 saturated carbocycles. The molecule has 6 atom stereocenters. The number of likely N-dealkylation sites (N-methyl/N-ethyl adjacent to an activating group) is 1. The fourth-order valence-corrected chi connectivity index (χ4v) is 6.12. The molecule has 3 aliphatic rings.